The molecule has 0 aromatic heterocycles. The molecule has 17 heavy (non-hydrogen) atoms. The summed E-state index contributed by atoms with van der Waals surface area (Å²) < 4.78 is 13.9. The first-order valence-electron chi connectivity index (χ1n) is 6.60. The molecule has 1 aliphatic heterocycles. The summed E-state index contributed by atoms with van der Waals surface area (Å²) in [6.45, 7) is 4.76. The lowest BCUT2D eigenvalue weighted by Gasteiger charge is -2.39. The van der Waals surface area contributed by atoms with Gasteiger partial charge in [0.2, 0.25) is 0 Å². The van der Waals surface area contributed by atoms with E-state index in [1.165, 1.54) is 13.8 Å². The summed E-state index contributed by atoms with van der Waals surface area (Å²) in [7, 11) is 2.10. The van der Waals surface area contributed by atoms with Gasteiger partial charge in [-0.2, -0.15) is 0 Å². The van der Waals surface area contributed by atoms with Crippen molar-refractivity contribution in [1.82, 2.24) is 9.80 Å². The van der Waals surface area contributed by atoms with E-state index < -0.39 is 5.67 Å². The number of rotatable bonds is 3. The molecule has 1 saturated carbocycles. The Hall–Kier alpha value is -0.640. The van der Waals surface area contributed by atoms with E-state index in [2.05, 4.69) is 11.9 Å². The molecule has 0 aromatic rings. The molecule has 0 spiro atoms. The van der Waals surface area contributed by atoms with Crippen LogP contribution < -0.4 is 0 Å². The lowest BCUT2D eigenvalue weighted by atomic mass is 10.0. The van der Waals surface area contributed by atoms with E-state index in [9.17, 15) is 9.18 Å². The molecule has 1 heterocycles. The number of hydrogen-bond acceptors (Lipinski definition) is 2. The van der Waals surface area contributed by atoms with Gasteiger partial charge in [-0.1, -0.05) is 0 Å². The first kappa shape index (κ1) is 12.8. The van der Waals surface area contributed by atoms with Gasteiger partial charge >= 0.3 is 0 Å². The lowest BCUT2D eigenvalue weighted by molar-refractivity contribution is -0.146. The fourth-order valence-corrected chi connectivity index (χ4v) is 2.56. The van der Waals surface area contributed by atoms with E-state index in [0.717, 1.165) is 38.8 Å². The van der Waals surface area contributed by atoms with Gasteiger partial charge < -0.3 is 9.80 Å². The van der Waals surface area contributed by atoms with E-state index in [4.69, 9.17) is 0 Å². The topological polar surface area (TPSA) is 23.6 Å². The van der Waals surface area contributed by atoms with Gasteiger partial charge in [0.1, 0.15) is 0 Å². The number of nitrogens with zero attached hydrogens (tertiary/aromatic N) is 2. The third-order valence-corrected chi connectivity index (χ3v) is 3.76. The maximum atomic E-state index is 13.9. The van der Waals surface area contributed by atoms with Crippen molar-refractivity contribution in [1.29, 1.82) is 0 Å². The minimum atomic E-state index is -1.73. The Morgan fingerprint density at radius 1 is 1.18 bits per heavy atom. The Balaban J connectivity index is 2.05. The van der Waals surface area contributed by atoms with Crippen LogP contribution >= 0.6 is 0 Å². The maximum Gasteiger partial charge on any atom is 0.260 e. The van der Waals surface area contributed by atoms with Crippen molar-refractivity contribution in [2.75, 3.05) is 20.1 Å². The molecule has 4 heteroatoms. The minimum Gasteiger partial charge on any atom is -0.334 e. The molecular formula is C13H23FN2O. The van der Waals surface area contributed by atoms with Crippen LogP contribution in [0.2, 0.25) is 0 Å². The van der Waals surface area contributed by atoms with E-state index in [0.29, 0.717) is 6.04 Å². The standard InChI is InChI=1S/C13H23FN2O/c1-13(2,14)12(17)16(10-4-5-10)11-6-8-15(3)9-7-11/h10-11H,4-9H2,1-3H3. The van der Waals surface area contributed by atoms with Gasteiger partial charge in [0, 0.05) is 12.1 Å². The highest BCUT2D eigenvalue weighted by atomic mass is 19.1. The summed E-state index contributed by atoms with van der Waals surface area (Å²) in [5.74, 6) is -0.311. The Morgan fingerprint density at radius 3 is 2.06 bits per heavy atom. The van der Waals surface area contributed by atoms with Crippen molar-refractivity contribution in [2.24, 2.45) is 0 Å². The number of carbonyl (C=O) groups excluding carboxylic acids is 1. The Labute approximate surface area is 103 Å². The smallest absolute Gasteiger partial charge is 0.260 e. The molecule has 0 bridgehead atoms. The monoisotopic (exact) mass is 242 g/mol. The number of carbonyl (C=O) groups is 1. The van der Waals surface area contributed by atoms with Gasteiger partial charge in [0.05, 0.1) is 0 Å². The van der Waals surface area contributed by atoms with Crippen molar-refractivity contribution in [3.05, 3.63) is 0 Å². The molecule has 0 unspecified atom stereocenters. The zero-order valence-electron chi connectivity index (χ0n) is 11.1. The largest absolute Gasteiger partial charge is 0.334 e. The molecule has 0 atom stereocenters. The van der Waals surface area contributed by atoms with Crippen LogP contribution in [-0.4, -0.2) is 53.6 Å². The van der Waals surface area contributed by atoms with E-state index in [-0.39, 0.29) is 11.9 Å². The quantitative estimate of drug-likeness (QED) is 0.753. The predicted octanol–water partition coefficient (Wildman–Crippen LogP) is 1.82. The zero-order chi connectivity index (χ0) is 12.6. The van der Waals surface area contributed by atoms with Gasteiger partial charge in [0.25, 0.3) is 5.91 Å². The second-order valence-corrected chi connectivity index (χ2v) is 5.95. The van der Waals surface area contributed by atoms with E-state index in [1.807, 2.05) is 4.90 Å². The van der Waals surface area contributed by atoms with Gasteiger partial charge in [-0.3, -0.25) is 4.79 Å². The van der Waals surface area contributed by atoms with Crippen molar-refractivity contribution >= 4 is 5.91 Å². The highest BCUT2D eigenvalue weighted by Gasteiger charge is 2.43. The number of amides is 1. The number of alkyl halides is 1. The van der Waals surface area contributed by atoms with Crippen LogP contribution in [-0.2, 0) is 4.79 Å². The Bertz CT molecular complexity index is 288. The van der Waals surface area contributed by atoms with Crippen LogP contribution in [0, 0.1) is 0 Å². The maximum absolute atomic E-state index is 13.9. The molecule has 98 valence electrons. The van der Waals surface area contributed by atoms with Crippen molar-refractivity contribution in [2.45, 2.75) is 57.3 Å². The molecule has 2 rings (SSSR count). The number of likely N-dealkylation sites (tertiary alicyclic amines) is 1. The number of piperidine rings is 1. The third-order valence-electron chi connectivity index (χ3n) is 3.76. The summed E-state index contributed by atoms with van der Waals surface area (Å²) in [5, 5.41) is 0. The molecular weight excluding hydrogens is 219 g/mol. The minimum absolute atomic E-state index is 0.251. The molecule has 0 N–H and O–H groups in total. The summed E-state index contributed by atoms with van der Waals surface area (Å²) in [5.41, 5.74) is -1.73. The molecule has 1 saturated heterocycles. The third kappa shape index (κ3) is 2.97. The molecule has 1 amide bonds. The highest BCUT2D eigenvalue weighted by molar-refractivity contribution is 5.85. The molecule has 1 aliphatic carbocycles. The van der Waals surface area contributed by atoms with Gasteiger partial charge in [-0.05, 0) is 59.7 Å². The van der Waals surface area contributed by atoms with Crippen molar-refractivity contribution < 1.29 is 9.18 Å². The van der Waals surface area contributed by atoms with Crippen molar-refractivity contribution in [3.8, 4) is 0 Å². The fraction of sp³-hybridized carbons (Fsp3) is 0.923. The lowest BCUT2D eigenvalue weighted by Crippen LogP contribution is -2.52. The Kier molecular flexibility index (Phi) is 3.43. The van der Waals surface area contributed by atoms with Crippen LogP contribution in [0.1, 0.15) is 39.5 Å². The predicted molar refractivity (Wildman–Crippen MR) is 65.6 cm³/mol. The van der Waals surface area contributed by atoms with Gasteiger partial charge in [-0.25, -0.2) is 4.39 Å². The van der Waals surface area contributed by atoms with Crippen LogP contribution in [0.5, 0.6) is 0 Å². The van der Waals surface area contributed by atoms with Crippen molar-refractivity contribution in [3.63, 3.8) is 0 Å². The zero-order valence-corrected chi connectivity index (χ0v) is 11.1. The summed E-state index contributed by atoms with van der Waals surface area (Å²) in [6.07, 6.45) is 4.06. The number of halogens is 1. The molecule has 0 radical (unpaired) electrons. The molecule has 0 aromatic carbocycles. The SMILES string of the molecule is CN1CCC(N(C(=O)C(C)(C)F)C2CC2)CC1. The van der Waals surface area contributed by atoms with Crippen LogP contribution in [0.3, 0.4) is 0 Å². The van der Waals surface area contributed by atoms with Crippen LogP contribution in [0.4, 0.5) is 4.39 Å². The average molecular weight is 242 g/mol. The first-order valence-corrected chi connectivity index (χ1v) is 6.60. The Morgan fingerprint density at radius 2 is 1.65 bits per heavy atom. The van der Waals surface area contributed by atoms with E-state index in [1.54, 1.807) is 0 Å². The van der Waals surface area contributed by atoms with Crippen LogP contribution in [0.15, 0.2) is 0 Å². The number of hydrogen-bond donors (Lipinski definition) is 0. The second-order valence-electron chi connectivity index (χ2n) is 5.95. The summed E-state index contributed by atoms with van der Waals surface area (Å²) >= 11 is 0. The van der Waals surface area contributed by atoms with Gasteiger partial charge in [-0.15, -0.1) is 0 Å². The van der Waals surface area contributed by atoms with Gasteiger partial charge in [0.15, 0.2) is 5.67 Å². The fourth-order valence-electron chi connectivity index (χ4n) is 2.56. The second kappa shape index (κ2) is 4.56. The van der Waals surface area contributed by atoms with Crippen LogP contribution in [0.25, 0.3) is 0 Å². The summed E-state index contributed by atoms with van der Waals surface area (Å²) in [6, 6.07) is 0.562. The highest BCUT2D eigenvalue weighted by Crippen LogP contribution is 2.34. The first-order chi connectivity index (χ1) is 7.89. The molecule has 3 nitrogen and oxygen atoms in total. The molecule has 2 aliphatic rings. The summed E-state index contributed by atoms with van der Waals surface area (Å²) in [4.78, 5) is 16.3. The average Bonchev–Trinajstić information content (AvgIpc) is 3.04. The molecule has 2 fully saturated rings. The normalized spacial score (nSPS) is 23.8. The van der Waals surface area contributed by atoms with E-state index >= 15 is 0 Å².